The van der Waals surface area contributed by atoms with Gasteiger partial charge in [-0.1, -0.05) is 23.2 Å². The number of hydrogen-bond donors (Lipinski definition) is 2. The van der Waals surface area contributed by atoms with Crippen LogP contribution in [0, 0.1) is 6.92 Å². The van der Waals surface area contributed by atoms with Crippen LogP contribution in [0.2, 0.25) is 10.0 Å². The standard InChI is InChI=1S/C15H14Cl2N2O2/c1-8-3-13(14(21-2)7-12(8)17)19-15(20)9-4-10(16)6-11(18)5-9/h3-7H,18H2,1-2H3,(H,19,20). The normalized spacial score (nSPS) is 10.3. The first-order chi connectivity index (χ1) is 9.90. The van der Waals surface area contributed by atoms with E-state index in [2.05, 4.69) is 5.32 Å². The summed E-state index contributed by atoms with van der Waals surface area (Å²) < 4.78 is 5.22. The average Bonchev–Trinajstić information content (AvgIpc) is 2.41. The Balaban J connectivity index is 2.33. The van der Waals surface area contributed by atoms with Gasteiger partial charge in [0.05, 0.1) is 12.8 Å². The lowest BCUT2D eigenvalue weighted by Gasteiger charge is -2.12. The number of carbonyl (C=O) groups is 1. The van der Waals surface area contributed by atoms with E-state index in [-0.39, 0.29) is 5.91 Å². The molecular formula is C15H14Cl2N2O2. The summed E-state index contributed by atoms with van der Waals surface area (Å²) in [6.45, 7) is 1.84. The second-order valence-corrected chi connectivity index (χ2v) is 5.37. The molecule has 21 heavy (non-hydrogen) atoms. The number of amides is 1. The summed E-state index contributed by atoms with van der Waals surface area (Å²) in [6.07, 6.45) is 0. The molecule has 2 rings (SSSR count). The number of methoxy groups -OCH3 is 1. The van der Waals surface area contributed by atoms with Gasteiger partial charge in [-0.25, -0.2) is 0 Å². The maximum Gasteiger partial charge on any atom is 0.255 e. The molecule has 0 aliphatic rings. The van der Waals surface area contributed by atoms with Gasteiger partial charge in [-0.15, -0.1) is 0 Å². The van der Waals surface area contributed by atoms with Crippen LogP contribution in [0.25, 0.3) is 0 Å². The summed E-state index contributed by atoms with van der Waals surface area (Å²) in [6, 6.07) is 8.07. The van der Waals surface area contributed by atoms with Crippen LogP contribution in [-0.4, -0.2) is 13.0 Å². The van der Waals surface area contributed by atoms with Crippen LogP contribution < -0.4 is 15.8 Å². The van der Waals surface area contributed by atoms with Crippen molar-refractivity contribution in [3.63, 3.8) is 0 Å². The summed E-state index contributed by atoms with van der Waals surface area (Å²) in [5.41, 5.74) is 7.84. The molecule has 0 aliphatic carbocycles. The van der Waals surface area contributed by atoms with Crippen molar-refractivity contribution < 1.29 is 9.53 Å². The van der Waals surface area contributed by atoms with Gasteiger partial charge in [0.1, 0.15) is 5.75 Å². The van der Waals surface area contributed by atoms with E-state index in [1.165, 1.54) is 7.11 Å². The molecule has 2 aromatic carbocycles. The summed E-state index contributed by atoms with van der Waals surface area (Å²) in [4.78, 5) is 12.3. The van der Waals surface area contributed by atoms with Gasteiger partial charge in [-0.2, -0.15) is 0 Å². The van der Waals surface area contributed by atoms with Crippen LogP contribution in [0.15, 0.2) is 30.3 Å². The molecule has 1 amide bonds. The Morgan fingerprint density at radius 2 is 1.90 bits per heavy atom. The fourth-order valence-electron chi connectivity index (χ4n) is 1.87. The third-order valence-electron chi connectivity index (χ3n) is 2.91. The molecule has 2 aromatic rings. The second-order valence-electron chi connectivity index (χ2n) is 4.53. The predicted molar refractivity (Wildman–Crippen MR) is 86.6 cm³/mol. The maximum absolute atomic E-state index is 12.3. The number of ether oxygens (including phenoxy) is 1. The van der Waals surface area contributed by atoms with E-state index in [4.69, 9.17) is 33.7 Å². The molecule has 6 heteroatoms. The molecule has 0 bridgehead atoms. The number of anilines is 2. The number of nitrogens with two attached hydrogens (primary N) is 1. The number of carbonyl (C=O) groups excluding carboxylic acids is 1. The molecule has 0 unspecified atom stereocenters. The summed E-state index contributed by atoms with van der Waals surface area (Å²) in [7, 11) is 1.51. The third kappa shape index (κ3) is 3.60. The quantitative estimate of drug-likeness (QED) is 0.834. The van der Waals surface area contributed by atoms with Crippen molar-refractivity contribution in [2.24, 2.45) is 0 Å². The van der Waals surface area contributed by atoms with E-state index in [1.807, 2.05) is 6.92 Å². The van der Waals surface area contributed by atoms with Crippen LogP contribution in [0.5, 0.6) is 5.75 Å². The lowest BCUT2D eigenvalue weighted by Crippen LogP contribution is -2.13. The van der Waals surface area contributed by atoms with Crippen LogP contribution in [0.3, 0.4) is 0 Å². The van der Waals surface area contributed by atoms with Gasteiger partial charge in [-0.3, -0.25) is 4.79 Å². The maximum atomic E-state index is 12.3. The molecule has 0 aromatic heterocycles. The molecule has 0 radical (unpaired) electrons. The highest BCUT2D eigenvalue weighted by Crippen LogP contribution is 2.31. The Morgan fingerprint density at radius 3 is 2.52 bits per heavy atom. The van der Waals surface area contributed by atoms with Crippen molar-refractivity contribution in [3.05, 3.63) is 51.5 Å². The zero-order valence-electron chi connectivity index (χ0n) is 11.5. The Kier molecular flexibility index (Phi) is 4.60. The van der Waals surface area contributed by atoms with Crippen LogP contribution in [0.4, 0.5) is 11.4 Å². The molecule has 110 valence electrons. The second kappa shape index (κ2) is 6.24. The molecule has 0 spiro atoms. The predicted octanol–water partition coefficient (Wildman–Crippen LogP) is 4.14. The van der Waals surface area contributed by atoms with Crippen molar-refractivity contribution >= 4 is 40.5 Å². The minimum Gasteiger partial charge on any atom is -0.495 e. The molecular weight excluding hydrogens is 311 g/mol. The molecule has 0 saturated heterocycles. The zero-order valence-corrected chi connectivity index (χ0v) is 13.0. The number of nitrogens with one attached hydrogen (secondary N) is 1. The summed E-state index contributed by atoms with van der Waals surface area (Å²) in [5.74, 6) is 0.151. The van der Waals surface area contributed by atoms with Crippen molar-refractivity contribution in [2.45, 2.75) is 6.92 Å². The number of hydrogen-bond acceptors (Lipinski definition) is 3. The molecule has 3 N–H and O–H groups in total. The third-order valence-corrected chi connectivity index (χ3v) is 3.54. The summed E-state index contributed by atoms with van der Waals surface area (Å²) in [5, 5.41) is 3.73. The van der Waals surface area contributed by atoms with Crippen LogP contribution >= 0.6 is 23.2 Å². The van der Waals surface area contributed by atoms with E-state index in [9.17, 15) is 4.79 Å². The number of benzene rings is 2. The number of aryl methyl sites for hydroxylation is 1. The van der Waals surface area contributed by atoms with Crippen molar-refractivity contribution in [1.82, 2.24) is 0 Å². The number of rotatable bonds is 3. The van der Waals surface area contributed by atoms with Crippen molar-refractivity contribution in [1.29, 1.82) is 0 Å². The Hall–Kier alpha value is -1.91. The van der Waals surface area contributed by atoms with E-state index in [0.717, 1.165) is 5.56 Å². The van der Waals surface area contributed by atoms with Gasteiger partial charge in [0.25, 0.3) is 5.91 Å². The highest BCUT2D eigenvalue weighted by Gasteiger charge is 2.13. The van der Waals surface area contributed by atoms with E-state index in [1.54, 1.807) is 30.3 Å². The number of nitrogen functional groups attached to an aromatic ring is 1. The molecule has 0 saturated carbocycles. The van der Waals surface area contributed by atoms with Gasteiger partial charge >= 0.3 is 0 Å². The minimum absolute atomic E-state index is 0.329. The SMILES string of the molecule is COc1cc(Cl)c(C)cc1NC(=O)c1cc(N)cc(Cl)c1. The van der Waals surface area contributed by atoms with Gasteiger partial charge in [-0.05, 0) is 36.8 Å². The largest absolute Gasteiger partial charge is 0.495 e. The van der Waals surface area contributed by atoms with Crippen LogP contribution in [0.1, 0.15) is 15.9 Å². The van der Waals surface area contributed by atoms with E-state index >= 15 is 0 Å². The minimum atomic E-state index is -0.329. The Labute approximate surface area is 132 Å². The van der Waals surface area contributed by atoms with Gasteiger partial charge in [0.15, 0.2) is 0 Å². The lowest BCUT2D eigenvalue weighted by atomic mass is 10.1. The topological polar surface area (TPSA) is 64.3 Å². The zero-order chi connectivity index (χ0) is 15.6. The number of halogens is 2. The monoisotopic (exact) mass is 324 g/mol. The molecule has 0 fully saturated rings. The average molecular weight is 325 g/mol. The molecule has 0 aliphatic heterocycles. The van der Waals surface area contributed by atoms with Crippen molar-refractivity contribution in [3.8, 4) is 5.75 Å². The van der Waals surface area contributed by atoms with Gasteiger partial charge in [0.2, 0.25) is 0 Å². The fraction of sp³-hybridized carbons (Fsp3) is 0.133. The highest BCUT2D eigenvalue weighted by molar-refractivity contribution is 6.32. The smallest absolute Gasteiger partial charge is 0.255 e. The first kappa shape index (κ1) is 15.5. The molecule has 4 nitrogen and oxygen atoms in total. The van der Waals surface area contributed by atoms with Gasteiger partial charge < -0.3 is 15.8 Å². The summed E-state index contributed by atoms with van der Waals surface area (Å²) >= 11 is 11.9. The van der Waals surface area contributed by atoms with E-state index in [0.29, 0.717) is 32.7 Å². The van der Waals surface area contributed by atoms with E-state index < -0.39 is 0 Å². The Bertz CT molecular complexity index is 682. The molecule has 0 atom stereocenters. The van der Waals surface area contributed by atoms with Crippen molar-refractivity contribution in [2.75, 3.05) is 18.2 Å². The molecule has 0 heterocycles. The first-order valence-corrected chi connectivity index (χ1v) is 6.88. The highest BCUT2D eigenvalue weighted by atomic mass is 35.5. The van der Waals surface area contributed by atoms with Gasteiger partial charge in [0, 0.05) is 27.4 Å². The lowest BCUT2D eigenvalue weighted by molar-refractivity contribution is 0.102. The first-order valence-electron chi connectivity index (χ1n) is 6.12. The fourth-order valence-corrected chi connectivity index (χ4v) is 2.26. The Morgan fingerprint density at radius 1 is 1.19 bits per heavy atom. The van der Waals surface area contributed by atoms with Crippen LogP contribution in [-0.2, 0) is 0 Å².